The van der Waals surface area contributed by atoms with E-state index in [1.165, 1.54) is 0 Å². The van der Waals surface area contributed by atoms with E-state index in [2.05, 4.69) is 23.6 Å². The summed E-state index contributed by atoms with van der Waals surface area (Å²) in [4.78, 5) is 5.63. The first-order valence-corrected chi connectivity index (χ1v) is 10.2. The third-order valence-electron chi connectivity index (χ3n) is 3.30. The highest BCUT2D eigenvalue weighted by Gasteiger charge is 2.23. The lowest BCUT2D eigenvalue weighted by molar-refractivity contribution is 0.0784. The van der Waals surface area contributed by atoms with Crippen molar-refractivity contribution in [3.05, 3.63) is 15.6 Å². The van der Waals surface area contributed by atoms with Crippen LogP contribution in [0.2, 0.25) is 0 Å². The van der Waals surface area contributed by atoms with Gasteiger partial charge in [0.15, 0.2) is 0 Å². The third-order valence-corrected chi connectivity index (χ3v) is 5.83. The molecule has 1 unspecified atom stereocenters. The molecule has 1 heterocycles. The minimum atomic E-state index is -3.41. The maximum atomic E-state index is 12.3. The van der Waals surface area contributed by atoms with Gasteiger partial charge in [-0.2, -0.15) is 0 Å². The van der Waals surface area contributed by atoms with Crippen LogP contribution < -0.4 is 4.72 Å². The fourth-order valence-electron chi connectivity index (χ4n) is 2.01. The van der Waals surface area contributed by atoms with E-state index < -0.39 is 10.0 Å². The molecule has 0 aromatic carbocycles. The van der Waals surface area contributed by atoms with Gasteiger partial charge in [0.2, 0.25) is 10.0 Å². The normalized spacial score (nSPS) is 13.7. The van der Waals surface area contributed by atoms with Gasteiger partial charge in [0.25, 0.3) is 0 Å². The van der Waals surface area contributed by atoms with Gasteiger partial charge in [0, 0.05) is 12.0 Å². The Hall–Kier alpha value is -0.540. The molecule has 0 radical (unpaired) electrons. The molecule has 6 nitrogen and oxygen atoms in total. The zero-order valence-corrected chi connectivity index (χ0v) is 16.2. The lowest BCUT2D eigenvalue weighted by Gasteiger charge is -2.18. The van der Waals surface area contributed by atoms with Gasteiger partial charge in [0.1, 0.15) is 5.01 Å². The van der Waals surface area contributed by atoms with Crippen molar-refractivity contribution in [3.8, 4) is 0 Å². The van der Waals surface area contributed by atoms with Crippen LogP contribution in [0.25, 0.3) is 0 Å². The Morgan fingerprint density at radius 1 is 1.22 bits per heavy atom. The number of aromatic nitrogens is 1. The predicted molar refractivity (Wildman–Crippen MR) is 93.4 cm³/mol. The molecule has 23 heavy (non-hydrogen) atoms. The molecule has 8 heteroatoms. The van der Waals surface area contributed by atoms with E-state index in [-0.39, 0.29) is 18.4 Å². The average molecular weight is 365 g/mol. The van der Waals surface area contributed by atoms with Crippen LogP contribution >= 0.6 is 11.3 Å². The first-order chi connectivity index (χ1) is 10.7. The number of rotatable bonds is 11. The number of hydrogen-bond acceptors (Lipinski definition) is 6. The molecule has 0 aliphatic carbocycles. The van der Waals surface area contributed by atoms with Crippen molar-refractivity contribution in [2.24, 2.45) is 5.92 Å². The summed E-state index contributed by atoms with van der Waals surface area (Å²) in [5, 5.41) is 0.831. The fourth-order valence-corrected chi connectivity index (χ4v) is 4.16. The van der Waals surface area contributed by atoms with E-state index in [4.69, 9.17) is 9.47 Å². The predicted octanol–water partition coefficient (Wildman–Crippen LogP) is 2.43. The number of nitrogens with one attached hydrogen (secondary N) is 1. The van der Waals surface area contributed by atoms with E-state index in [0.717, 1.165) is 22.0 Å². The largest absolute Gasteiger partial charge is 0.382 e. The Bertz CT molecular complexity index is 551. The second-order valence-electron chi connectivity index (χ2n) is 5.92. The summed E-state index contributed by atoms with van der Waals surface area (Å²) in [5.74, 6) is 0.305. The Balaban J connectivity index is 2.68. The van der Waals surface area contributed by atoms with Crippen molar-refractivity contribution < 1.29 is 17.9 Å². The maximum absolute atomic E-state index is 12.3. The summed E-state index contributed by atoms with van der Waals surface area (Å²) in [6.45, 7) is 9.10. The molecule has 1 aromatic rings. The summed E-state index contributed by atoms with van der Waals surface area (Å²) >= 11 is 1.55. The molecule has 134 valence electrons. The molecule has 0 saturated heterocycles. The maximum Gasteiger partial charge on any atom is 0.214 e. The summed E-state index contributed by atoms with van der Waals surface area (Å²) < 4.78 is 37.4. The van der Waals surface area contributed by atoms with Gasteiger partial charge in [-0.15, -0.1) is 11.3 Å². The number of thiazole rings is 1. The first-order valence-electron chi connectivity index (χ1n) is 7.75. The topological polar surface area (TPSA) is 77.5 Å². The van der Waals surface area contributed by atoms with Gasteiger partial charge < -0.3 is 9.47 Å². The average Bonchev–Trinajstić information content (AvgIpc) is 2.77. The van der Waals surface area contributed by atoms with Crippen LogP contribution in [0.5, 0.6) is 0 Å². The zero-order valence-electron chi connectivity index (χ0n) is 14.6. The summed E-state index contributed by atoms with van der Waals surface area (Å²) in [6.07, 6.45) is 0.718. The summed E-state index contributed by atoms with van der Waals surface area (Å²) in [6, 6.07) is -0.281. The highest BCUT2D eigenvalue weighted by Crippen LogP contribution is 2.28. The van der Waals surface area contributed by atoms with Crippen molar-refractivity contribution in [2.75, 3.05) is 32.7 Å². The molecule has 1 atom stereocenters. The second kappa shape index (κ2) is 9.68. The van der Waals surface area contributed by atoms with E-state index in [1.54, 1.807) is 18.4 Å². The van der Waals surface area contributed by atoms with Gasteiger partial charge >= 0.3 is 0 Å². The smallest absolute Gasteiger partial charge is 0.214 e. The molecule has 1 N–H and O–H groups in total. The standard InChI is InChI=1S/C15H28N2O4S2/c1-11(2)10-14(15-16-12(3)13(4)22-15)17-23(18,19)9-8-21-7-6-20-5/h11,14,17H,6-10H2,1-5H3. The minimum Gasteiger partial charge on any atom is -0.382 e. The van der Waals surface area contributed by atoms with Crippen molar-refractivity contribution in [2.45, 2.75) is 40.2 Å². The van der Waals surface area contributed by atoms with Gasteiger partial charge in [-0.1, -0.05) is 13.8 Å². The van der Waals surface area contributed by atoms with E-state index in [0.29, 0.717) is 19.1 Å². The van der Waals surface area contributed by atoms with Gasteiger partial charge in [0.05, 0.1) is 37.3 Å². The first kappa shape index (κ1) is 20.5. The van der Waals surface area contributed by atoms with Crippen LogP contribution in [0.3, 0.4) is 0 Å². The fraction of sp³-hybridized carbons (Fsp3) is 0.800. The third kappa shape index (κ3) is 7.71. The van der Waals surface area contributed by atoms with Crippen LogP contribution in [0.1, 0.15) is 41.9 Å². The van der Waals surface area contributed by atoms with Crippen LogP contribution in [-0.2, 0) is 19.5 Å². The van der Waals surface area contributed by atoms with Crippen LogP contribution in [-0.4, -0.2) is 46.1 Å². The molecule has 0 amide bonds. The lowest BCUT2D eigenvalue weighted by atomic mass is 10.1. The second-order valence-corrected chi connectivity index (χ2v) is 9.03. The number of methoxy groups -OCH3 is 1. The van der Waals surface area contributed by atoms with E-state index >= 15 is 0 Å². The van der Waals surface area contributed by atoms with Crippen molar-refractivity contribution in [3.63, 3.8) is 0 Å². The van der Waals surface area contributed by atoms with Crippen LogP contribution in [0.15, 0.2) is 0 Å². The Kier molecular flexibility index (Phi) is 8.63. The molecule has 0 spiro atoms. The van der Waals surface area contributed by atoms with E-state index in [1.807, 2.05) is 13.8 Å². The molecule has 0 aliphatic heterocycles. The van der Waals surface area contributed by atoms with Gasteiger partial charge in [-0.3, -0.25) is 0 Å². The summed E-state index contributed by atoms with van der Waals surface area (Å²) in [7, 11) is -1.83. The number of sulfonamides is 1. The van der Waals surface area contributed by atoms with Crippen LogP contribution in [0.4, 0.5) is 0 Å². The Morgan fingerprint density at radius 2 is 1.91 bits per heavy atom. The highest BCUT2D eigenvalue weighted by molar-refractivity contribution is 7.89. The quantitative estimate of drug-likeness (QED) is 0.610. The molecular formula is C15H28N2O4S2. The minimum absolute atomic E-state index is 0.0609. The highest BCUT2D eigenvalue weighted by atomic mass is 32.2. The van der Waals surface area contributed by atoms with Gasteiger partial charge in [-0.05, 0) is 26.2 Å². The van der Waals surface area contributed by atoms with Crippen molar-refractivity contribution in [1.82, 2.24) is 9.71 Å². The number of nitrogens with zero attached hydrogens (tertiary/aromatic N) is 1. The molecule has 1 rings (SSSR count). The molecule has 0 bridgehead atoms. The number of aryl methyl sites for hydroxylation is 2. The molecule has 1 aromatic heterocycles. The van der Waals surface area contributed by atoms with E-state index in [9.17, 15) is 8.42 Å². The summed E-state index contributed by atoms with van der Waals surface area (Å²) in [5.41, 5.74) is 0.959. The number of ether oxygens (including phenoxy) is 2. The molecule has 0 saturated carbocycles. The molecule has 0 fully saturated rings. The molecule has 0 aliphatic rings. The lowest BCUT2D eigenvalue weighted by Crippen LogP contribution is -2.33. The molecular weight excluding hydrogens is 336 g/mol. The number of hydrogen-bond donors (Lipinski definition) is 1. The van der Waals surface area contributed by atoms with Crippen LogP contribution in [0, 0.1) is 19.8 Å². The monoisotopic (exact) mass is 364 g/mol. The Labute approximate surface area is 143 Å². The zero-order chi connectivity index (χ0) is 17.5. The van der Waals surface area contributed by atoms with Crippen molar-refractivity contribution in [1.29, 1.82) is 0 Å². The van der Waals surface area contributed by atoms with Gasteiger partial charge in [-0.25, -0.2) is 18.1 Å². The van der Waals surface area contributed by atoms with Crippen molar-refractivity contribution >= 4 is 21.4 Å². The SMILES string of the molecule is COCCOCCS(=O)(=O)NC(CC(C)C)c1nc(C)c(C)s1. The Morgan fingerprint density at radius 3 is 2.43 bits per heavy atom.